The lowest BCUT2D eigenvalue weighted by Gasteiger charge is -2.10. The molecule has 0 aliphatic carbocycles. The van der Waals surface area contributed by atoms with Crippen LogP contribution in [0.25, 0.3) is 0 Å². The van der Waals surface area contributed by atoms with Crippen molar-refractivity contribution in [2.24, 2.45) is 16.5 Å². The van der Waals surface area contributed by atoms with Gasteiger partial charge in [-0.15, -0.1) is 0 Å². The first-order valence-electron chi connectivity index (χ1n) is 5.95. The van der Waals surface area contributed by atoms with E-state index in [1.807, 2.05) is 0 Å². The molecule has 0 radical (unpaired) electrons. The van der Waals surface area contributed by atoms with Gasteiger partial charge in [0.1, 0.15) is 10.6 Å². The molecule has 20 heavy (non-hydrogen) atoms. The predicted molar refractivity (Wildman–Crippen MR) is 73.5 cm³/mol. The Morgan fingerprint density at radius 3 is 2.70 bits per heavy atom. The Hall–Kier alpha value is -2.09. The van der Waals surface area contributed by atoms with E-state index in [1.54, 1.807) is 6.92 Å². The summed E-state index contributed by atoms with van der Waals surface area (Å²) in [5, 5.41) is 0. The Labute approximate surface area is 116 Å². The molecular formula is C12H15N3O4S. The largest absolute Gasteiger partial charge is 0.492 e. The highest BCUT2D eigenvalue weighted by Gasteiger charge is 2.25. The number of guanidine groups is 1. The second-order valence-corrected chi connectivity index (χ2v) is 6.55. The van der Waals surface area contributed by atoms with E-state index < -0.39 is 15.7 Å². The fourth-order valence-corrected chi connectivity index (χ4v) is 3.41. The van der Waals surface area contributed by atoms with Gasteiger partial charge in [-0.1, -0.05) is 0 Å². The standard InChI is InChI=1S/C12H15N3O4S/c1-7-5-9-10(20(17,18)4-2-3-19-9)6-8(7)11(16)15-12(13)14/h5-6H,2-4H2,1H3,(H4,13,14,15,16). The third-order valence-electron chi connectivity index (χ3n) is 2.90. The zero-order valence-electron chi connectivity index (χ0n) is 10.9. The lowest BCUT2D eigenvalue weighted by molar-refractivity contribution is 0.100. The van der Waals surface area contributed by atoms with Crippen LogP contribution in [-0.4, -0.2) is 32.6 Å². The summed E-state index contributed by atoms with van der Waals surface area (Å²) < 4.78 is 29.7. The van der Waals surface area contributed by atoms with E-state index in [-0.39, 0.29) is 27.9 Å². The minimum absolute atomic E-state index is 0.00902. The first-order valence-corrected chi connectivity index (χ1v) is 7.60. The van der Waals surface area contributed by atoms with Gasteiger partial charge in [0.25, 0.3) is 5.91 Å². The summed E-state index contributed by atoms with van der Waals surface area (Å²) in [4.78, 5) is 15.3. The van der Waals surface area contributed by atoms with Crippen LogP contribution >= 0.6 is 0 Å². The average molecular weight is 297 g/mol. The molecule has 1 heterocycles. The molecule has 0 fully saturated rings. The van der Waals surface area contributed by atoms with Crippen LogP contribution in [0.1, 0.15) is 22.3 Å². The maximum atomic E-state index is 12.1. The van der Waals surface area contributed by atoms with Gasteiger partial charge in [0.2, 0.25) is 0 Å². The number of aryl methyl sites for hydroxylation is 1. The molecule has 0 atom stereocenters. The SMILES string of the molecule is Cc1cc2c(cc1C(=O)N=C(N)N)S(=O)(=O)CCCO2. The van der Waals surface area contributed by atoms with E-state index in [0.717, 1.165) is 0 Å². The number of nitrogens with two attached hydrogens (primary N) is 2. The number of amides is 1. The van der Waals surface area contributed by atoms with Gasteiger partial charge in [0.15, 0.2) is 15.8 Å². The first-order chi connectivity index (χ1) is 9.31. The molecule has 1 amide bonds. The van der Waals surface area contributed by atoms with Crippen LogP contribution in [0.5, 0.6) is 5.75 Å². The molecule has 108 valence electrons. The second kappa shape index (κ2) is 5.12. The minimum atomic E-state index is -3.47. The molecule has 0 saturated carbocycles. The van der Waals surface area contributed by atoms with Crippen molar-refractivity contribution < 1.29 is 17.9 Å². The Kier molecular flexibility index (Phi) is 3.67. The fraction of sp³-hybridized carbons (Fsp3) is 0.333. The molecule has 1 aromatic carbocycles. The van der Waals surface area contributed by atoms with Gasteiger partial charge in [-0.2, -0.15) is 4.99 Å². The van der Waals surface area contributed by atoms with E-state index >= 15 is 0 Å². The molecule has 1 aromatic rings. The summed E-state index contributed by atoms with van der Waals surface area (Å²) in [7, 11) is -3.47. The van der Waals surface area contributed by atoms with Crippen LogP contribution in [-0.2, 0) is 9.84 Å². The van der Waals surface area contributed by atoms with Gasteiger partial charge in [-0.25, -0.2) is 8.42 Å². The van der Waals surface area contributed by atoms with Crippen LogP contribution in [0.2, 0.25) is 0 Å². The van der Waals surface area contributed by atoms with Crippen molar-refractivity contribution in [2.75, 3.05) is 12.4 Å². The molecule has 0 bridgehead atoms. The maximum Gasteiger partial charge on any atom is 0.280 e. The smallest absolute Gasteiger partial charge is 0.280 e. The van der Waals surface area contributed by atoms with Crippen molar-refractivity contribution in [3.63, 3.8) is 0 Å². The first kappa shape index (κ1) is 14.3. The summed E-state index contributed by atoms with van der Waals surface area (Å²) >= 11 is 0. The van der Waals surface area contributed by atoms with Crippen molar-refractivity contribution >= 4 is 21.7 Å². The molecule has 0 unspecified atom stereocenters. The Bertz CT molecular complexity index is 691. The molecule has 1 aliphatic rings. The van der Waals surface area contributed by atoms with E-state index in [1.165, 1.54) is 12.1 Å². The number of ether oxygens (including phenoxy) is 1. The van der Waals surface area contributed by atoms with Crippen molar-refractivity contribution in [1.29, 1.82) is 0 Å². The normalized spacial score (nSPS) is 16.4. The van der Waals surface area contributed by atoms with Crippen LogP contribution in [0.3, 0.4) is 0 Å². The van der Waals surface area contributed by atoms with Gasteiger partial charge in [-0.3, -0.25) is 4.79 Å². The molecule has 1 aliphatic heterocycles. The summed E-state index contributed by atoms with van der Waals surface area (Å²) in [5.74, 6) is -0.798. The number of fused-ring (bicyclic) bond motifs is 1. The fourth-order valence-electron chi connectivity index (χ4n) is 1.97. The molecule has 0 aromatic heterocycles. The summed E-state index contributed by atoms with van der Waals surface area (Å²) in [6.07, 6.45) is 0.410. The molecule has 0 spiro atoms. The van der Waals surface area contributed by atoms with Crippen LogP contribution < -0.4 is 16.2 Å². The molecule has 2 rings (SSSR count). The van der Waals surface area contributed by atoms with Crippen LogP contribution in [0.15, 0.2) is 22.0 Å². The number of benzene rings is 1. The maximum absolute atomic E-state index is 12.1. The molecular weight excluding hydrogens is 282 g/mol. The predicted octanol–water partition coefficient (Wildman–Crippen LogP) is -0.0352. The molecule has 4 N–H and O–H groups in total. The minimum Gasteiger partial charge on any atom is -0.492 e. The summed E-state index contributed by atoms with van der Waals surface area (Å²) in [6.45, 7) is 1.99. The highest BCUT2D eigenvalue weighted by atomic mass is 32.2. The number of hydrogen-bond acceptors (Lipinski definition) is 4. The van der Waals surface area contributed by atoms with Crippen LogP contribution in [0.4, 0.5) is 0 Å². The monoisotopic (exact) mass is 297 g/mol. The van der Waals surface area contributed by atoms with Crippen molar-refractivity contribution in [3.8, 4) is 5.75 Å². The highest BCUT2D eigenvalue weighted by molar-refractivity contribution is 7.91. The summed E-state index contributed by atoms with van der Waals surface area (Å²) in [6, 6.07) is 2.80. The quantitative estimate of drug-likeness (QED) is 0.553. The van der Waals surface area contributed by atoms with Gasteiger partial charge >= 0.3 is 0 Å². The number of carbonyl (C=O) groups excluding carboxylic acids is 1. The lowest BCUT2D eigenvalue weighted by Crippen LogP contribution is -2.24. The zero-order valence-corrected chi connectivity index (χ0v) is 11.7. The Balaban J connectivity index is 2.61. The van der Waals surface area contributed by atoms with E-state index in [2.05, 4.69) is 4.99 Å². The topological polar surface area (TPSA) is 125 Å². The van der Waals surface area contributed by atoms with Crippen molar-refractivity contribution in [3.05, 3.63) is 23.3 Å². The third kappa shape index (κ3) is 2.74. The Morgan fingerprint density at radius 2 is 2.05 bits per heavy atom. The number of sulfone groups is 1. The van der Waals surface area contributed by atoms with Crippen LogP contribution in [0, 0.1) is 6.92 Å². The second-order valence-electron chi connectivity index (χ2n) is 4.48. The average Bonchev–Trinajstić information content (AvgIpc) is 2.46. The van der Waals surface area contributed by atoms with Gasteiger partial charge in [0.05, 0.1) is 12.4 Å². The van der Waals surface area contributed by atoms with Crippen molar-refractivity contribution in [2.45, 2.75) is 18.2 Å². The molecule has 0 saturated heterocycles. The van der Waals surface area contributed by atoms with Gasteiger partial charge < -0.3 is 16.2 Å². The Morgan fingerprint density at radius 1 is 1.35 bits per heavy atom. The number of aliphatic imine (C=N–C) groups is 1. The lowest BCUT2D eigenvalue weighted by atomic mass is 10.1. The number of hydrogen-bond donors (Lipinski definition) is 2. The highest BCUT2D eigenvalue weighted by Crippen LogP contribution is 2.31. The van der Waals surface area contributed by atoms with Gasteiger partial charge in [0, 0.05) is 5.56 Å². The number of nitrogens with zero attached hydrogens (tertiary/aromatic N) is 1. The zero-order chi connectivity index (χ0) is 14.9. The third-order valence-corrected chi connectivity index (χ3v) is 4.72. The van der Waals surface area contributed by atoms with E-state index in [9.17, 15) is 13.2 Å². The number of rotatable bonds is 1. The van der Waals surface area contributed by atoms with E-state index in [0.29, 0.717) is 18.6 Å². The summed E-state index contributed by atoms with van der Waals surface area (Å²) in [5.41, 5.74) is 11.0. The van der Waals surface area contributed by atoms with E-state index in [4.69, 9.17) is 16.2 Å². The molecule has 7 nitrogen and oxygen atoms in total. The van der Waals surface area contributed by atoms with Gasteiger partial charge in [-0.05, 0) is 31.0 Å². The number of carbonyl (C=O) groups is 1. The van der Waals surface area contributed by atoms with Crippen molar-refractivity contribution in [1.82, 2.24) is 0 Å². The molecule has 8 heteroatoms.